The summed E-state index contributed by atoms with van der Waals surface area (Å²) in [5.41, 5.74) is 5.64. The SMILES string of the molecule is Cc1ccc(NC(=O)CN(C)C(=O)CSc2nc3sc4c(c3c(=O)n2-c2cc(C)ccc2C)CC[C@H](C)C4)cc1. The number of nitrogens with zero attached hydrogens (tertiary/aromatic N) is 3. The molecule has 5 rings (SSSR count). The number of aromatic nitrogens is 2. The zero-order valence-electron chi connectivity index (χ0n) is 23.5. The Morgan fingerprint density at radius 3 is 2.60 bits per heavy atom. The van der Waals surface area contributed by atoms with E-state index in [-0.39, 0.29) is 29.7 Å². The molecular weight excluding hydrogens is 541 g/mol. The van der Waals surface area contributed by atoms with E-state index in [1.165, 1.54) is 21.5 Å². The predicted octanol–water partition coefficient (Wildman–Crippen LogP) is 5.69. The van der Waals surface area contributed by atoms with Crippen LogP contribution in [-0.4, -0.2) is 45.6 Å². The molecule has 2 aromatic carbocycles. The van der Waals surface area contributed by atoms with Crippen molar-refractivity contribution in [3.8, 4) is 5.69 Å². The molecule has 1 aliphatic rings. The number of amides is 2. The summed E-state index contributed by atoms with van der Waals surface area (Å²) in [6.07, 6.45) is 2.92. The van der Waals surface area contributed by atoms with E-state index < -0.39 is 0 Å². The molecule has 2 aromatic heterocycles. The maximum absolute atomic E-state index is 14.1. The van der Waals surface area contributed by atoms with E-state index in [9.17, 15) is 14.4 Å². The van der Waals surface area contributed by atoms with Crippen molar-refractivity contribution in [2.24, 2.45) is 5.92 Å². The van der Waals surface area contributed by atoms with Crippen molar-refractivity contribution in [1.29, 1.82) is 0 Å². The number of hydrogen-bond donors (Lipinski definition) is 1. The summed E-state index contributed by atoms with van der Waals surface area (Å²) < 4.78 is 1.68. The highest BCUT2D eigenvalue weighted by Crippen LogP contribution is 2.37. The second-order valence-electron chi connectivity index (χ2n) is 10.8. The summed E-state index contributed by atoms with van der Waals surface area (Å²) in [5.74, 6) is 0.159. The molecule has 4 aromatic rings. The van der Waals surface area contributed by atoms with E-state index in [4.69, 9.17) is 4.98 Å². The summed E-state index contributed by atoms with van der Waals surface area (Å²) in [5, 5.41) is 4.03. The Labute approximate surface area is 242 Å². The third-order valence-electron chi connectivity index (χ3n) is 7.37. The number of likely N-dealkylation sites (N-methyl/N-ethyl adjacent to an activating group) is 1. The van der Waals surface area contributed by atoms with Gasteiger partial charge in [-0.25, -0.2) is 4.98 Å². The molecule has 9 heteroatoms. The maximum Gasteiger partial charge on any atom is 0.267 e. The molecule has 0 aliphatic heterocycles. The number of hydrogen-bond acceptors (Lipinski definition) is 6. The van der Waals surface area contributed by atoms with Gasteiger partial charge >= 0.3 is 0 Å². The molecule has 0 saturated heterocycles. The van der Waals surface area contributed by atoms with Crippen molar-refractivity contribution in [2.75, 3.05) is 24.7 Å². The molecule has 208 valence electrons. The number of anilines is 1. The van der Waals surface area contributed by atoms with Gasteiger partial charge in [0, 0.05) is 17.6 Å². The van der Waals surface area contributed by atoms with Crippen LogP contribution in [0.25, 0.3) is 15.9 Å². The van der Waals surface area contributed by atoms with Gasteiger partial charge in [-0.05, 0) is 80.8 Å². The maximum atomic E-state index is 14.1. The normalized spacial score (nSPS) is 14.7. The number of thiophene rings is 1. The molecule has 1 aliphatic carbocycles. The quantitative estimate of drug-likeness (QED) is 0.227. The molecule has 40 heavy (non-hydrogen) atoms. The van der Waals surface area contributed by atoms with Gasteiger partial charge in [0.1, 0.15) is 4.83 Å². The Balaban J connectivity index is 1.42. The van der Waals surface area contributed by atoms with Crippen LogP contribution in [0.1, 0.15) is 40.5 Å². The Morgan fingerprint density at radius 1 is 1.12 bits per heavy atom. The van der Waals surface area contributed by atoms with Crippen LogP contribution < -0.4 is 10.9 Å². The first kappa shape index (κ1) is 28.1. The van der Waals surface area contributed by atoms with Crippen LogP contribution in [-0.2, 0) is 22.4 Å². The Morgan fingerprint density at radius 2 is 1.85 bits per heavy atom. The Kier molecular flexibility index (Phi) is 8.14. The smallest absolute Gasteiger partial charge is 0.267 e. The fourth-order valence-electron chi connectivity index (χ4n) is 5.02. The number of aryl methyl sites for hydroxylation is 4. The molecule has 0 radical (unpaired) electrons. The van der Waals surface area contributed by atoms with Gasteiger partial charge in [-0.15, -0.1) is 11.3 Å². The average molecular weight is 575 g/mol. The van der Waals surface area contributed by atoms with Crippen LogP contribution >= 0.6 is 23.1 Å². The van der Waals surface area contributed by atoms with Gasteiger partial charge in [0.15, 0.2) is 5.16 Å². The van der Waals surface area contributed by atoms with E-state index in [1.807, 2.05) is 63.2 Å². The standard InChI is InChI=1S/C31H34N4O3S2/c1-18-7-11-22(12-8-18)32-26(36)16-34(5)27(37)17-39-31-33-29-28(23-13-9-20(3)15-25(23)40-29)30(38)35(31)24-14-19(2)6-10-21(24)4/h6-8,10-12,14,20H,9,13,15-17H2,1-5H3,(H,32,36)/t20-/m0/s1. The van der Waals surface area contributed by atoms with Crippen LogP contribution in [0.5, 0.6) is 0 Å². The largest absolute Gasteiger partial charge is 0.336 e. The molecular formula is C31H34N4O3S2. The number of nitrogens with one attached hydrogen (secondary N) is 1. The second-order valence-corrected chi connectivity index (χ2v) is 12.8. The van der Waals surface area contributed by atoms with Gasteiger partial charge in [-0.3, -0.25) is 19.0 Å². The van der Waals surface area contributed by atoms with Crippen LogP contribution in [0.4, 0.5) is 5.69 Å². The lowest BCUT2D eigenvalue weighted by atomic mass is 9.89. The second kappa shape index (κ2) is 11.6. The lowest BCUT2D eigenvalue weighted by molar-refractivity contribution is -0.131. The van der Waals surface area contributed by atoms with E-state index in [0.29, 0.717) is 22.1 Å². The number of rotatable bonds is 7. The minimum atomic E-state index is -0.269. The minimum absolute atomic E-state index is 0.0548. The zero-order chi connectivity index (χ0) is 28.6. The van der Waals surface area contributed by atoms with Gasteiger partial charge in [0.2, 0.25) is 11.8 Å². The summed E-state index contributed by atoms with van der Waals surface area (Å²) in [6, 6.07) is 13.5. The minimum Gasteiger partial charge on any atom is -0.336 e. The topological polar surface area (TPSA) is 84.3 Å². The number of carbonyl (C=O) groups excluding carboxylic acids is 2. The monoisotopic (exact) mass is 574 g/mol. The van der Waals surface area contributed by atoms with Crippen molar-refractivity contribution < 1.29 is 9.59 Å². The highest BCUT2D eigenvalue weighted by molar-refractivity contribution is 7.99. The lowest BCUT2D eigenvalue weighted by Gasteiger charge is -2.19. The molecule has 0 saturated carbocycles. The van der Waals surface area contributed by atoms with Crippen LogP contribution in [0, 0.1) is 26.7 Å². The Hall–Kier alpha value is -3.43. The first-order chi connectivity index (χ1) is 19.1. The molecule has 1 atom stereocenters. The van der Waals surface area contributed by atoms with E-state index >= 15 is 0 Å². The van der Waals surface area contributed by atoms with E-state index in [0.717, 1.165) is 52.0 Å². The molecule has 0 spiro atoms. The molecule has 0 fully saturated rings. The number of benzene rings is 2. The summed E-state index contributed by atoms with van der Waals surface area (Å²) in [6.45, 7) is 8.14. The van der Waals surface area contributed by atoms with Crippen molar-refractivity contribution in [2.45, 2.75) is 52.1 Å². The third kappa shape index (κ3) is 5.86. The molecule has 0 bridgehead atoms. The molecule has 2 heterocycles. The van der Waals surface area contributed by atoms with Crippen LogP contribution in [0.3, 0.4) is 0 Å². The van der Waals surface area contributed by atoms with E-state index in [1.54, 1.807) is 23.0 Å². The van der Waals surface area contributed by atoms with Crippen molar-refractivity contribution in [3.63, 3.8) is 0 Å². The number of thioether (sulfide) groups is 1. The van der Waals surface area contributed by atoms with Gasteiger partial charge in [0.25, 0.3) is 5.56 Å². The highest BCUT2D eigenvalue weighted by Gasteiger charge is 2.26. The van der Waals surface area contributed by atoms with Crippen molar-refractivity contribution in [3.05, 3.63) is 79.9 Å². The predicted molar refractivity (Wildman–Crippen MR) is 164 cm³/mol. The summed E-state index contributed by atoms with van der Waals surface area (Å²) >= 11 is 2.84. The fourth-order valence-corrected chi connectivity index (χ4v) is 7.39. The van der Waals surface area contributed by atoms with Gasteiger partial charge < -0.3 is 10.2 Å². The van der Waals surface area contributed by atoms with Crippen LogP contribution in [0.2, 0.25) is 0 Å². The van der Waals surface area contributed by atoms with Gasteiger partial charge in [-0.1, -0.05) is 48.5 Å². The molecule has 2 amide bonds. The Bertz CT molecular complexity index is 1660. The average Bonchev–Trinajstić information content (AvgIpc) is 3.27. The highest BCUT2D eigenvalue weighted by atomic mass is 32.2. The molecule has 0 unspecified atom stereocenters. The molecule has 1 N–H and O–H groups in total. The fraction of sp³-hybridized carbons (Fsp3) is 0.355. The third-order valence-corrected chi connectivity index (χ3v) is 9.44. The van der Waals surface area contributed by atoms with Gasteiger partial charge in [0.05, 0.1) is 23.4 Å². The first-order valence-corrected chi connectivity index (χ1v) is 15.3. The number of carbonyl (C=O) groups is 2. The summed E-state index contributed by atoms with van der Waals surface area (Å²) in [7, 11) is 1.61. The lowest BCUT2D eigenvalue weighted by Crippen LogP contribution is -2.36. The van der Waals surface area contributed by atoms with Gasteiger partial charge in [-0.2, -0.15) is 0 Å². The first-order valence-electron chi connectivity index (χ1n) is 13.5. The zero-order valence-corrected chi connectivity index (χ0v) is 25.2. The van der Waals surface area contributed by atoms with E-state index in [2.05, 4.69) is 12.2 Å². The summed E-state index contributed by atoms with van der Waals surface area (Å²) in [4.78, 5) is 48.1. The van der Waals surface area contributed by atoms with Crippen molar-refractivity contribution >= 4 is 50.8 Å². The molecule has 7 nitrogen and oxygen atoms in total. The number of fused-ring (bicyclic) bond motifs is 3. The van der Waals surface area contributed by atoms with Crippen molar-refractivity contribution in [1.82, 2.24) is 14.5 Å². The van der Waals surface area contributed by atoms with Crippen LogP contribution in [0.15, 0.2) is 52.4 Å².